The lowest BCUT2D eigenvalue weighted by molar-refractivity contribution is 0.236. The Bertz CT molecular complexity index is 1610. The summed E-state index contributed by atoms with van der Waals surface area (Å²) in [6.07, 6.45) is 9.01. The smallest absolute Gasteiger partial charge is 0.301 e. The predicted molar refractivity (Wildman–Crippen MR) is 149 cm³/mol. The second-order valence-corrected chi connectivity index (χ2v) is 11.0. The van der Waals surface area contributed by atoms with Gasteiger partial charge in [0.2, 0.25) is 0 Å². The Balaban J connectivity index is 1.28. The van der Waals surface area contributed by atoms with Crippen LogP contribution in [-0.2, 0) is 0 Å². The number of para-hydroxylation sites is 2. The minimum Gasteiger partial charge on any atom is -0.423 e. The minimum absolute atomic E-state index is 0.0931. The number of benzene rings is 1. The van der Waals surface area contributed by atoms with Crippen LogP contribution in [0, 0.1) is 5.41 Å². The van der Waals surface area contributed by atoms with Crippen molar-refractivity contribution in [2.45, 2.75) is 45.1 Å². The molecule has 1 atom stereocenters. The summed E-state index contributed by atoms with van der Waals surface area (Å²) in [6.45, 7) is 6.56. The van der Waals surface area contributed by atoms with E-state index in [1.165, 1.54) is 18.4 Å². The van der Waals surface area contributed by atoms with E-state index >= 15 is 0 Å². The molecule has 1 aliphatic carbocycles. The van der Waals surface area contributed by atoms with Gasteiger partial charge in [-0.2, -0.15) is 4.98 Å². The van der Waals surface area contributed by atoms with Gasteiger partial charge >= 0.3 is 6.01 Å². The van der Waals surface area contributed by atoms with E-state index in [1.807, 2.05) is 48.8 Å². The molecular weight excluding hydrogens is 476 g/mol. The summed E-state index contributed by atoms with van der Waals surface area (Å²) in [4.78, 5) is 23.6. The van der Waals surface area contributed by atoms with Crippen molar-refractivity contribution in [3.05, 3.63) is 60.6 Å². The first-order chi connectivity index (χ1) is 18.5. The molecule has 0 radical (unpaired) electrons. The van der Waals surface area contributed by atoms with Gasteiger partial charge in [0.25, 0.3) is 0 Å². The standard InChI is InChI=1S/C29H30N8O/c1-29(2)16-30-11-10-23(29)35-27-25-19(17-7-8-17)14-31-15-21(25)33-26(37-27)18-9-12-32-24(13-18)36-28-34-20-5-3-4-6-22(20)38-28/h3-6,9,12-15,17,23,30H,7-8,10-11,16H2,1-2H3,(H,32,34,36)(H,33,35,37)/t23-/m0/s1. The Morgan fingerprint density at radius 3 is 2.74 bits per heavy atom. The van der Waals surface area contributed by atoms with E-state index in [9.17, 15) is 0 Å². The number of oxazole rings is 1. The SMILES string of the molecule is CC1(C)CNCC[C@@H]1Nc1nc(-c2ccnc(Nc3nc4ccccc4o3)c2)nc2cncc(C3CC3)c12. The number of nitrogens with zero attached hydrogens (tertiary/aromatic N) is 5. The molecular formula is C29H30N8O. The summed E-state index contributed by atoms with van der Waals surface area (Å²) in [5.41, 5.74) is 4.56. The maximum Gasteiger partial charge on any atom is 0.301 e. The summed E-state index contributed by atoms with van der Waals surface area (Å²) in [5, 5.41) is 11.7. The van der Waals surface area contributed by atoms with Crippen molar-refractivity contribution < 1.29 is 4.42 Å². The molecule has 1 saturated carbocycles. The number of nitrogens with one attached hydrogen (secondary N) is 3. The quantitative estimate of drug-likeness (QED) is 0.269. The molecule has 0 amide bonds. The number of piperidine rings is 1. The van der Waals surface area contributed by atoms with E-state index in [1.54, 1.807) is 6.20 Å². The molecule has 1 aromatic carbocycles. The average Bonchev–Trinajstić information content (AvgIpc) is 3.69. The highest BCUT2D eigenvalue weighted by Gasteiger charge is 2.34. The fourth-order valence-electron chi connectivity index (χ4n) is 5.32. The number of rotatable bonds is 6. The Morgan fingerprint density at radius 1 is 1.00 bits per heavy atom. The maximum atomic E-state index is 5.82. The third-order valence-corrected chi connectivity index (χ3v) is 7.64. The van der Waals surface area contributed by atoms with Gasteiger partial charge in [0.05, 0.1) is 11.7 Å². The topological polar surface area (TPSA) is 114 Å². The van der Waals surface area contributed by atoms with Crippen molar-refractivity contribution in [1.29, 1.82) is 0 Å². The molecule has 38 heavy (non-hydrogen) atoms. The first-order valence-electron chi connectivity index (χ1n) is 13.3. The van der Waals surface area contributed by atoms with E-state index < -0.39 is 0 Å². The van der Waals surface area contributed by atoms with Crippen LogP contribution in [-0.4, -0.2) is 44.1 Å². The minimum atomic E-state index is 0.0931. The van der Waals surface area contributed by atoms with E-state index in [-0.39, 0.29) is 5.41 Å². The lowest BCUT2D eigenvalue weighted by atomic mass is 9.80. The van der Waals surface area contributed by atoms with Crippen LogP contribution in [0.4, 0.5) is 17.7 Å². The maximum absolute atomic E-state index is 5.82. The predicted octanol–water partition coefficient (Wildman–Crippen LogP) is 5.65. The van der Waals surface area contributed by atoms with Crippen LogP contribution in [0.3, 0.4) is 0 Å². The van der Waals surface area contributed by atoms with E-state index in [2.05, 4.69) is 44.7 Å². The molecule has 0 spiro atoms. The highest BCUT2D eigenvalue weighted by atomic mass is 16.4. The molecule has 3 N–H and O–H groups in total. The lowest BCUT2D eigenvalue weighted by Gasteiger charge is -2.40. The number of hydrogen-bond acceptors (Lipinski definition) is 9. The van der Waals surface area contributed by atoms with Gasteiger partial charge < -0.3 is 15.1 Å². The highest BCUT2D eigenvalue weighted by Crippen LogP contribution is 2.44. The van der Waals surface area contributed by atoms with Gasteiger partial charge in [-0.05, 0) is 67.0 Å². The fraction of sp³-hybridized carbons (Fsp3) is 0.345. The van der Waals surface area contributed by atoms with Crippen LogP contribution >= 0.6 is 0 Å². The van der Waals surface area contributed by atoms with Gasteiger partial charge in [0, 0.05) is 35.9 Å². The molecule has 1 saturated heterocycles. The zero-order valence-electron chi connectivity index (χ0n) is 21.5. The molecule has 192 valence electrons. The molecule has 1 aliphatic heterocycles. The highest BCUT2D eigenvalue weighted by molar-refractivity contribution is 5.93. The molecule has 9 nitrogen and oxygen atoms in total. The third kappa shape index (κ3) is 4.32. The second-order valence-electron chi connectivity index (χ2n) is 11.0. The van der Waals surface area contributed by atoms with Gasteiger partial charge in [-0.25, -0.2) is 15.0 Å². The largest absolute Gasteiger partial charge is 0.423 e. The van der Waals surface area contributed by atoms with Crippen LogP contribution in [0.5, 0.6) is 0 Å². The summed E-state index contributed by atoms with van der Waals surface area (Å²) in [7, 11) is 0. The summed E-state index contributed by atoms with van der Waals surface area (Å²) in [5.74, 6) is 2.66. The van der Waals surface area contributed by atoms with Gasteiger partial charge in [-0.3, -0.25) is 10.3 Å². The molecule has 4 aromatic heterocycles. The number of fused-ring (bicyclic) bond motifs is 2. The third-order valence-electron chi connectivity index (χ3n) is 7.64. The molecule has 5 aromatic rings. The number of aromatic nitrogens is 5. The van der Waals surface area contributed by atoms with Crippen LogP contribution in [0.2, 0.25) is 0 Å². The monoisotopic (exact) mass is 506 g/mol. The Kier molecular flexibility index (Phi) is 5.47. The van der Waals surface area contributed by atoms with Gasteiger partial charge in [-0.1, -0.05) is 26.0 Å². The Labute approximate surface area is 220 Å². The number of hydrogen-bond donors (Lipinski definition) is 3. The van der Waals surface area contributed by atoms with Crippen molar-refractivity contribution in [2.24, 2.45) is 5.41 Å². The van der Waals surface area contributed by atoms with Crippen LogP contribution in [0.1, 0.15) is 44.6 Å². The summed E-state index contributed by atoms with van der Waals surface area (Å²) in [6, 6.07) is 12.2. The second kappa shape index (κ2) is 9.02. The first-order valence-corrected chi connectivity index (χ1v) is 13.3. The molecule has 0 unspecified atom stereocenters. The zero-order valence-corrected chi connectivity index (χ0v) is 21.5. The average molecular weight is 507 g/mol. The first kappa shape index (κ1) is 23.0. The normalized spacial score (nSPS) is 19.1. The van der Waals surface area contributed by atoms with E-state index in [4.69, 9.17) is 14.4 Å². The van der Waals surface area contributed by atoms with Crippen LogP contribution < -0.4 is 16.0 Å². The van der Waals surface area contributed by atoms with Gasteiger partial charge in [0.15, 0.2) is 11.4 Å². The summed E-state index contributed by atoms with van der Waals surface area (Å²) >= 11 is 0. The molecule has 2 fully saturated rings. The molecule has 5 heterocycles. The van der Waals surface area contributed by atoms with Gasteiger partial charge in [-0.15, -0.1) is 0 Å². The van der Waals surface area contributed by atoms with Crippen LogP contribution in [0.15, 0.2) is 59.4 Å². The van der Waals surface area contributed by atoms with E-state index in [0.717, 1.165) is 52.9 Å². The van der Waals surface area contributed by atoms with Crippen molar-refractivity contribution in [1.82, 2.24) is 30.2 Å². The molecule has 7 rings (SSSR count). The van der Waals surface area contributed by atoms with E-state index in [0.29, 0.717) is 29.6 Å². The zero-order chi connectivity index (χ0) is 25.7. The van der Waals surface area contributed by atoms with Crippen molar-refractivity contribution in [2.75, 3.05) is 23.7 Å². The van der Waals surface area contributed by atoms with Crippen molar-refractivity contribution in [3.63, 3.8) is 0 Å². The van der Waals surface area contributed by atoms with Crippen molar-refractivity contribution >= 4 is 39.7 Å². The Morgan fingerprint density at radius 2 is 1.89 bits per heavy atom. The molecule has 9 heteroatoms. The molecule has 0 bridgehead atoms. The Hall–Kier alpha value is -4.11. The van der Waals surface area contributed by atoms with Crippen molar-refractivity contribution in [3.8, 4) is 11.4 Å². The fourth-order valence-corrected chi connectivity index (χ4v) is 5.32. The number of anilines is 3. The van der Waals surface area contributed by atoms with Gasteiger partial charge in [0.1, 0.15) is 17.2 Å². The summed E-state index contributed by atoms with van der Waals surface area (Å²) < 4.78 is 5.82. The van der Waals surface area contributed by atoms with Crippen LogP contribution in [0.25, 0.3) is 33.4 Å². The molecule has 2 aliphatic rings. The number of pyridine rings is 2. The lowest BCUT2D eigenvalue weighted by Crippen LogP contribution is -2.49.